The number of anilines is 2. The largest absolute Gasteiger partial charge is 0.343 e. The van der Waals surface area contributed by atoms with Crippen molar-refractivity contribution in [2.45, 2.75) is 6.54 Å². The maximum atomic E-state index is 10.9. The first-order valence-electron chi connectivity index (χ1n) is 10.3. The molecular formula is C22H24N8O. The van der Waals surface area contributed by atoms with Gasteiger partial charge < -0.3 is 15.2 Å². The van der Waals surface area contributed by atoms with Crippen LogP contribution >= 0.6 is 0 Å². The number of piperazine rings is 1. The number of imidazole rings is 1. The minimum atomic E-state index is 0.655. The van der Waals surface area contributed by atoms with E-state index in [2.05, 4.69) is 36.3 Å². The molecule has 1 aliphatic rings. The summed E-state index contributed by atoms with van der Waals surface area (Å²) in [5.74, 6) is 1.40. The van der Waals surface area contributed by atoms with Gasteiger partial charge in [-0.2, -0.15) is 5.10 Å². The number of rotatable bonds is 6. The van der Waals surface area contributed by atoms with E-state index in [9.17, 15) is 4.79 Å². The number of fused-ring (bicyclic) bond motifs is 1. The van der Waals surface area contributed by atoms with E-state index in [0.717, 1.165) is 67.1 Å². The monoisotopic (exact) mass is 416 g/mol. The quantitative estimate of drug-likeness (QED) is 0.469. The summed E-state index contributed by atoms with van der Waals surface area (Å²) in [7, 11) is 1.91. The highest BCUT2D eigenvalue weighted by Crippen LogP contribution is 2.25. The number of benzene rings is 1. The number of hydrogen-bond donors (Lipinski definition) is 2. The predicted molar refractivity (Wildman–Crippen MR) is 119 cm³/mol. The Morgan fingerprint density at radius 1 is 1.13 bits per heavy atom. The number of amides is 1. The molecule has 1 aliphatic heterocycles. The minimum absolute atomic E-state index is 0.655. The smallest absolute Gasteiger partial charge is 0.209 e. The van der Waals surface area contributed by atoms with Crippen molar-refractivity contribution >= 4 is 29.2 Å². The third-order valence-electron chi connectivity index (χ3n) is 5.55. The maximum Gasteiger partial charge on any atom is 0.209 e. The first kappa shape index (κ1) is 19.3. The molecule has 4 heterocycles. The standard InChI is InChI=1S/C22H24N8O/c1-28-14-18(12-24-28)17-2-3-19-20(11-17)26-22(25-19)27-21-10-16(4-5-23-21)13-29-6-8-30(15-31)9-7-29/h2-5,10-12,14-15H,6-9,13H2,1H3,(H2,23,25,26,27). The lowest BCUT2D eigenvalue weighted by molar-refractivity contribution is -0.119. The zero-order valence-corrected chi connectivity index (χ0v) is 17.3. The molecule has 0 spiro atoms. The molecule has 4 aromatic rings. The van der Waals surface area contributed by atoms with Gasteiger partial charge in [-0.05, 0) is 35.4 Å². The number of aromatic nitrogens is 5. The van der Waals surface area contributed by atoms with Gasteiger partial charge in [-0.15, -0.1) is 0 Å². The average Bonchev–Trinajstić information content (AvgIpc) is 3.39. The van der Waals surface area contributed by atoms with Crippen LogP contribution < -0.4 is 5.32 Å². The van der Waals surface area contributed by atoms with Gasteiger partial charge in [0.05, 0.1) is 17.2 Å². The molecular weight excluding hydrogens is 392 g/mol. The summed E-state index contributed by atoms with van der Waals surface area (Å²) < 4.78 is 1.79. The molecule has 0 bridgehead atoms. The number of carbonyl (C=O) groups is 1. The van der Waals surface area contributed by atoms with E-state index >= 15 is 0 Å². The van der Waals surface area contributed by atoms with E-state index in [1.807, 2.05) is 54.8 Å². The summed E-state index contributed by atoms with van der Waals surface area (Å²) in [6.45, 7) is 4.15. The average molecular weight is 416 g/mol. The molecule has 0 radical (unpaired) electrons. The molecule has 31 heavy (non-hydrogen) atoms. The molecule has 1 amide bonds. The lowest BCUT2D eigenvalue weighted by Gasteiger charge is -2.32. The number of H-pyrrole nitrogens is 1. The van der Waals surface area contributed by atoms with Gasteiger partial charge >= 0.3 is 0 Å². The number of carbonyl (C=O) groups excluding carboxylic acids is 1. The van der Waals surface area contributed by atoms with E-state index in [-0.39, 0.29) is 0 Å². The van der Waals surface area contributed by atoms with Gasteiger partial charge in [0.1, 0.15) is 5.82 Å². The first-order chi connectivity index (χ1) is 15.2. The number of nitrogens with zero attached hydrogens (tertiary/aromatic N) is 6. The van der Waals surface area contributed by atoms with Crippen molar-refractivity contribution in [1.29, 1.82) is 0 Å². The molecule has 0 atom stereocenters. The molecule has 2 N–H and O–H groups in total. The van der Waals surface area contributed by atoms with Gasteiger partial charge in [-0.3, -0.25) is 14.4 Å². The molecule has 5 rings (SSSR count). The van der Waals surface area contributed by atoms with Crippen LogP contribution in [0.25, 0.3) is 22.2 Å². The lowest BCUT2D eigenvalue weighted by atomic mass is 10.1. The van der Waals surface area contributed by atoms with Gasteiger partial charge in [-0.25, -0.2) is 9.97 Å². The Morgan fingerprint density at radius 2 is 2.00 bits per heavy atom. The summed E-state index contributed by atoms with van der Waals surface area (Å²) in [5, 5.41) is 7.52. The van der Waals surface area contributed by atoms with Crippen LogP contribution in [0.4, 0.5) is 11.8 Å². The number of aromatic amines is 1. The molecule has 0 aliphatic carbocycles. The van der Waals surface area contributed by atoms with Crippen molar-refractivity contribution in [2.24, 2.45) is 7.05 Å². The molecule has 0 unspecified atom stereocenters. The molecule has 0 saturated carbocycles. The fourth-order valence-electron chi connectivity index (χ4n) is 3.87. The van der Waals surface area contributed by atoms with Crippen LogP contribution in [0.3, 0.4) is 0 Å². The van der Waals surface area contributed by atoms with Crippen molar-refractivity contribution in [3.8, 4) is 11.1 Å². The Labute approximate surface area is 179 Å². The highest BCUT2D eigenvalue weighted by atomic mass is 16.1. The minimum Gasteiger partial charge on any atom is -0.343 e. The Hall–Kier alpha value is -3.72. The highest BCUT2D eigenvalue weighted by molar-refractivity contribution is 5.83. The maximum absolute atomic E-state index is 10.9. The number of nitrogens with one attached hydrogen (secondary N) is 2. The second-order valence-corrected chi connectivity index (χ2v) is 7.81. The fourth-order valence-corrected chi connectivity index (χ4v) is 3.87. The van der Waals surface area contributed by atoms with Crippen LogP contribution in [-0.2, 0) is 18.4 Å². The van der Waals surface area contributed by atoms with E-state index in [1.165, 1.54) is 5.56 Å². The van der Waals surface area contributed by atoms with Crippen molar-refractivity contribution in [2.75, 3.05) is 31.5 Å². The molecule has 9 heteroatoms. The van der Waals surface area contributed by atoms with Crippen LogP contribution in [0, 0.1) is 0 Å². The third-order valence-corrected chi connectivity index (χ3v) is 5.55. The van der Waals surface area contributed by atoms with Crippen LogP contribution in [0.2, 0.25) is 0 Å². The van der Waals surface area contributed by atoms with E-state index in [4.69, 9.17) is 0 Å². The van der Waals surface area contributed by atoms with Crippen LogP contribution in [0.15, 0.2) is 48.9 Å². The molecule has 1 saturated heterocycles. The highest BCUT2D eigenvalue weighted by Gasteiger charge is 2.15. The van der Waals surface area contributed by atoms with Crippen LogP contribution in [0.5, 0.6) is 0 Å². The summed E-state index contributed by atoms with van der Waals surface area (Å²) >= 11 is 0. The fraction of sp³-hybridized carbons (Fsp3) is 0.273. The van der Waals surface area contributed by atoms with Crippen LogP contribution in [0.1, 0.15) is 5.56 Å². The lowest BCUT2D eigenvalue weighted by Crippen LogP contribution is -2.45. The normalized spacial score (nSPS) is 14.8. The van der Waals surface area contributed by atoms with Crippen LogP contribution in [-0.4, -0.2) is 67.1 Å². The number of pyridine rings is 1. The van der Waals surface area contributed by atoms with Gasteiger partial charge in [0.15, 0.2) is 0 Å². The summed E-state index contributed by atoms with van der Waals surface area (Å²) in [4.78, 5) is 27.4. The van der Waals surface area contributed by atoms with Crippen molar-refractivity contribution in [3.05, 3.63) is 54.5 Å². The van der Waals surface area contributed by atoms with Gasteiger partial charge in [0.2, 0.25) is 12.4 Å². The van der Waals surface area contributed by atoms with E-state index < -0.39 is 0 Å². The van der Waals surface area contributed by atoms with E-state index in [0.29, 0.717) is 5.95 Å². The SMILES string of the molecule is Cn1cc(-c2ccc3nc(Nc4cc(CN5CCN(C=O)CC5)ccn4)[nH]c3c2)cn1. The van der Waals surface area contributed by atoms with Crippen molar-refractivity contribution < 1.29 is 4.79 Å². The Balaban J connectivity index is 1.29. The summed E-state index contributed by atoms with van der Waals surface area (Å²) in [5.41, 5.74) is 5.17. The number of hydrogen-bond acceptors (Lipinski definition) is 6. The predicted octanol–water partition coefficient (Wildman–Crippen LogP) is 2.38. The molecule has 1 aromatic carbocycles. The third kappa shape index (κ3) is 4.26. The number of aryl methyl sites for hydroxylation is 1. The van der Waals surface area contributed by atoms with Crippen molar-refractivity contribution in [3.63, 3.8) is 0 Å². The zero-order chi connectivity index (χ0) is 21.2. The van der Waals surface area contributed by atoms with Gasteiger partial charge in [-0.1, -0.05) is 6.07 Å². The summed E-state index contributed by atoms with van der Waals surface area (Å²) in [6, 6.07) is 10.2. The van der Waals surface area contributed by atoms with E-state index in [1.54, 1.807) is 4.68 Å². The molecule has 1 fully saturated rings. The molecule has 158 valence electrons. The molecule has 9 nitrogen and oxygen atoms in total. The van der Waals surface area contributed by atoms with Gasteiger partial charge in [0, 0.05) is 57.7 Å². The Morgan fingerprint density at radius 3 is 2.77 bits per heavy atom. The zero-order valence-electron chi connectivity index (χ0n) is 17.3. The van der Waals surface area contributed by atoms with Gasteiger partial charge in [0.25, 0.3) is 0 Å². The topological polar surface area (TPSA) is 95.0 Å². The Kier molecular flexibility index (Phi) is 5.09. The summed E-state index contributed by atoms with van der Waals surface area (Å²) in [6.07, 6.45) is 6.58. The first-order valence-corrected chi connectivity index (χ1v) is 10.3. The molecule has 3 aromatic heterocycles. The second-order valence-electron chi connectivity index (χ2n) is 7.81. The Bertz CT molecular complexity index is 1210. The van der Waals surface area contributed by atoms with Crippen molar-refractivity contribution in [1.82, 2.24) is 34.5 Å². The second kappa shape index (κ2) is 8.19.